The number of aliphatic imine (C=N–C) groups is 4. The van der Waals surface area contributed by atoms with Crippen LogP contribution >= 0.6 is 0 Å². The lowest BCUT2D eigenvalue weighted by Crippen LogP contribution is -2.21. The summed E-state index contributed by atoms with van der Waals surface area (Å²) >= 11 is 0. The Morgan fingerprint density at radius 3 is 1.01 bits per heavy atom. The summed E-state index contributed by atoms with van der Waals surface area (Å²) < 4.78 is 0. The van der Waals surface area contributed by atoms with E-state index in [1.807, 2.05) is 0 Å². The minimum absolute atomic E-state index is 0.00239. The highest BCUT2D eigenvalue weighted by Gasteiger charge is 2.21. The zero-order valence-corrected chi connectivity index (χ0v) is 44.0. The van der Waals surface area contributed by atoms with Gasteiger partial charge in [-0.25, -0.2) is 19.2 Å². The van der Waals surface area contributed by atoms with Gasteiger partial charge in [0.15, 0.2) is 0 Å². The van der Waals surface area contributed by atoms with Gasteiger partial charge in [-0.2, -0.15) is 20.0 Å². The minimum Gasteiger partial charge on any atom is -0.326 e. The second kappa shape index (κ2) is 30.1. The number of anilines is 6. The van der Waals surface area contributed by atoms with Crippen molar-refractivity contribution in [2.24, 2.45) is 31.8 Å². The maximum atomic E-state index is 13.5. The van der Waals surface area contributed by atoms with E-state index in [0.717, 1.165) is 11.1 Å². The van der Waals surface area contributed by atoms with Crippen molar-refractivity contribution in [3.8, 4) is 0 Å². The predicted molar refractivity (Wildman–Crippen MR) is 297 cm³/mol. The molecule has 5 rings (SSSR count). The number of carbonyl (C=O) groups excluding carboxylic acids is 10. The molecule has 20 heteroatoms. The molecule has 2 unspecified atom stereocenters. The molecule has 0 aliphatic rings. The molecule has 0 saturated carbocycles. The first-order valence-corrected chi connectivity index (χ1v) is 25.1. The predicted octanol–water partition coefficient (Wildman–Crippen LogP) is 11.1. The summed E-state index contributed by atoms with van der Waals surface area (Å²) in [5.74, 6) is -2.86. The van der Waals surface area contributed by atoms with E-state index in [9.17, 15) is 47.9 Å². The fourth-order valence-corrected chi connectivity index (χ4v) is 8.41. The molecule has 6 amide bonds. The fraction of sp³-hybridized carbons (Fsp3) is 0.310. The average molecular weight is 1060 g/mol. The first kappa shape index (κ1) is 59.3. The van der Waals surface area contributed by atoms with Gasteiger partial charge < -0.3 is 31.9 Å². The van der Waals surface area contributed by atoms with E-state index >= 15 is 0 Å². The van der Waals surface area contributed by atoms with Crippen LogP contribution in [0.4, 0.5) is 56.9 Å². The quantitative estimate of drug-likeness (QED) is 0.0213. The fourth-order valence-electron chi connectivity index (χ4n) is 8.41. The number of amides is 6. The van der Waals surface area contributed by atoms with Crippen LogP contribution in [0.5, 0.6) is 0 Å². The third kappa shape index (κ3) is 19.3. The van der Waals surface area contributed by atoms with Crippen LogP contribution < -0.4 is 31.9 Å². The van der Waals surface area contributed by atoms with Gasteiger partial charge in [0.25, 0.3) is 0 Å². The van der Waals surface area contributed by atoms with Gasteiger partial charge in [-0.15, -0.1) is 0 Å². The van der Waals surface area contributed by atoms with E-state index < -0.39 is 5.92 Å². The Morgan fingerprint density at radius 1 is 0.385 bits per heavy atom. The molecule has 2 atom stereocenters. The number of benzene rings is 5. The maximum absolute atomic E-state index is 13.5. The molecule has 6 N–H and O–H groups in total. The van der Waals surface area contributed by atoms with Crippen LogP contribution in [0.2, 0.25) is 0 Å². The van der Waals surface area contributed by atoms with Gasteiger partial charge in [0, 0.05) is 72.6 Å². The van der Waals surface area contributed by atoms with Crippen LogP contribution in [0, 0.1) is 46.5 Å². The molecule has 402 valence electrons. The Balaban J connectivity index is 1.19. The second-order valence-electron chi connectivity index (χ2n) is 18.7. The maximum Gasteiger partial charge on any atom is 0.240 e. The molecular formula is C58H60N10O10. The van der Waals surface area contributed by atoms with Crippen molar-refractivity contribution in [1.29, 1.82) is 0 Å². The standard InChI is InChI=1S/C58H60N10O10/c1-36-12-19-43(28-49(36)59-32-69)63-54(74)23-16-41(26-57(77)65-45-21-14-38(3)51(30-45)61-34-71)8-6-11-53(73)67-47-9-7-10-48(40(47)5)68-56(76)25-18-42(27-58(78)66-46-22-15-39(4)52(31-46)62-35-72)17-24-55(75)64-44-20-13-37(2)50(29-44)60-33-70/h7,9-10,12-15,19-22,28-31,41-42H,6,8,11,16-18,23-27H2,1-5H3,(H,63,74)(H,64,75)(H,65,77)(H,66,78)(H,67,73)(H,68,76). The Morgan fingerprint density at radius 2 is 0.679 bits per heavy atom. The number of aryl methyl sites for hydroxylation is 4. The van der Waals surface area contributed by atoms with Crippen molar-refractivity contribution in [1.82, 2.24) is 0 Å². The topological polar surface area (TPSA) is 292 Å². The van der Waals surface area contributed by atoms with E-state index in [-0.39, 0.29) is 92.7 Å². The minimum atomic E-state index is -0.436. The first-order chi connectivity index (χ1) is 37.5. The van der Waals surface area contributed by atoms with Crippen LogP contribution in [-0.2, 0) is 47.9 Å². The zero-order valence-electron chi connectivity index (χ0n) is 44.0. The van der Waals surface area contributed by atoms with Gasteiger partial charge in [-0.05, 0) is 167 Å². The number of nitrogens with one attached hydrogen (secondary N) is 6. The van der Waals surface area contributed by atoms with Gasteiger partial charge in [0.2, 0.25) is 59.8 Å². The van der Waals surface area contributed by atoms with E-state index in [1.54, 1.807) is 126 Å². The van der Waals surface area contributed by atoms with E-state index in [2.05, 4.69) is 51.9 Å². The van der Waals surface area contributed by atoms with Crippen molar-refractivity contribution in [3.63, 3.8) is 0 Å². The number of hydrogen-bond acceptors (Lipinski definition) is 14. The van der Waals surface area contributed by atoms with Gasteiger partial charge >= 0.3 is 0 Å². The lowest BCUT2D eigenvalue weighted by Gasteiger charge is -2.18. The number of hydrogen-bond donors (Lipinski definition) is 6. The summed E-state index contributed by atoms with van der Waals surface area (Å²) in [4.78, 5) is 138. The van der Waals surface area contributed by atoms with Crippen molar-refractivity contribution >= 4 is 117 Å². The number of rotatable bonds is 27. The number of isocyanates is 4. The monoisotopic (exact) mass is 1060 g/mol. The second-order valence-corrected chi connectivity index (χ2v) is 18.7. The van der Waals surface area contributed by atoms with Gasteiger partial charge in [0.05, 0.1) is 22.7 Å². The van der Waals surface area contributed by atoms with Crippen LogP contribution in [0.3, 0.4) is 0 Å². The van der Waals surface area contributed by atoms with E-state index in [1.165, 1.54) is 24.3 Å². The average Bonchev–Trinajstić information content (AvgIpc) is 3.41. The molecule has 20 nitrogen and oxygen atoms in total. The van der Waals surface area contributed by atoms with Crippen molar-refractivity contribution < 1.29 is 47.9 Å². The molecule has 0 bridgehead atoms. The lowest BCUT2D eigenvalue weighted by molar-refractivity contribution is -0.119. The summed E-state index contributed by atoms with van der Waals surface area (Å²) in [7, 11) is 0. The molecule has 0 spiro atoms. The molecule has 0 aromatic heterocycles. The van der Waals surface area contributed by atoms with Crippen LogP contribution in [-0.4, -0.2) is 59.8 Å². The highest BCUT2D eigenvalue weighted by molar-refractivity contribution is 5.97. The molecule has 0 radical (unpaired) electrons. The summed E-state index contributed by atoms with van der Waals surface area (Å²) in [5.41, 5.74) is 7.44. The highest BCUT2D eigenvalue weighted by atomic mass is 16.2. The van der Waals surface area contributed by atoms with Gasteiger partial charge in [-0.1, -0.05) is 30.3 Å². The van der Waals surface area contributed by atoms with Crippen LogP contribution in [0.1, 0.15) is 98.4 Å². The molecular weight excluding hydrogens is 997 g/mol. The summed E-state index contributed by atoms with van der Waals surface area (Å²) in [5, 5.41) is 17.1. The first-order valence-electron chi connectivity index (χ1n) is 25.1. The van der Waals surface area contributed by atoms with E-state index in [4.69, 9.17) is 0 Å². The molecule has 0 saturated heterocycles. The smallest absolute Gasteiger partial charge is 0.240 e. The Hall–Kier alpha value is -9.56. The van der Waals surface area contributed by atoms with Gasteiger partial charge in [-0.3, -0.25) is 28.8 Å². The number of nitrogens with zero attached hydrogens (tertiary/aromatic N) is 4. The zero-order chi connectivity index (χ0) is 56.6. The lowest BCUT2D eigenvalue weighted by atomic mass is 9.92. The molecule has 78 heavy (non-hydrogen) atoms. The molecule has 0 aliphatic heterocycles. The van der Waals surface area contributed by atoms with Crippen molar-refractivity contribution in [3.05, 3.63) is 119 Å². The summed E-state index contributed by atoms with van der Waals surface area (Å²) in [6.45, 7) is 8.79. The van der Waals surface area contributed by atoms with E-state index in [0.29, 0.717) is 92.8 Å². The Bertz CT molecular complexity index is 3260. The van der Waals surface area contributed by atoms with Crippen LogP contribution in [0.15, 0.2) is 111 Å². The largest absolute Gasteiger partial charge is 0.326 e. The summed E-state index contributed by atoms with van der Waals surface area (Å²) in [6, 6.07) is 24.8. The third-order valence-electron chi connectivity index (χ3n) is 12.8. The van der Waals surface area contributed by atoms with Gasteiger partial charge in [0.1, 0.15) is 0 Å². The highest BCUT2D eigenvalue weighted by Crippen LogP contribution is 2.30. The molecule has 0 aliphatic carbocycles. The van der Waals surface area contributed by atoms with Crippen LogP contribution in [0.25, 0.3) is 0 Å². The third-order valence-corrected chi connectivity index (χ3v) is 12.8. The number of carbonyl (C=O) groups is 6. The Kier molecular flexibility index (Phi) is 22.9. The normalized spacial score (nSPS) is 11.1. The molecule has 5 aromatic carbocycles. The molecule has 5 aromatic rings. The Labute approximate surface area is 450 Å². The molecule has 0 fully saturated rings. The SMILES string of the molecule is Cc1ccc(NC(=O)CCC(CCCC(=O)Nc2cccc(NC(=O)CCC(CCC(=O)Nc3ccc(C)c(N=C=O)c3)CC(=O)Nc3ccc(C)c(N=C=O)c3)c2C)CC(=O)Nc2ccc(C)c(N=C=O)c2)cc1N=C=O. The molecule has 0 heterocycles. The van der Waals surface area contributed by atoms with Crippen molar-refractivity contribution in [2.75, 3.05) is 31.9 Å². The van der Waals surface area contributed by atoms with Crippen molar-refractivity contribution in [2.45, 2.75) is 105 Å². The summed E-state index contributed by atoms with van der Waals surface area (Å²) in [6.07, 6.45) is 7.61.